The molecular weight excluding hydrogens is 532 g/mol. The number of rotatable bonds is 7. The van der Waals surface area contributed by atoms with Gasteiger partial charge in [0.05, 0.1) is 34.2 Å². The molecule has 1 N–H and O–H groups in total. The molecule has 7 nitrogen and oxygen atoms in total. The number of carbonyl (C=O) groups is 2. The van der Waals surface area contributed by atoms with Crippen LogP contribution < -0.4 is 10.2 Å². The van der Waals surface area contributed by atoms with Gasteiger partial charge in [-0.2, -0.15) is 0 Å². The minimum Gasteiger partial charge on any atom is -0.466 e. The summed E-state index contributed by atoms with van der Waals surface area (Å²) in [5.74, 6) is -2.18. The molecule has 202 valence electrons. The Bertz CT molecular complexity index is 1270. The molecule has 0 saturated carbocycles. The van der Waals surface area contributed by atoms with Crippen molar-refractivity contribution < 1.29 is 23.5 Å². The van der Waals surface area contributed by atoms with Crippen LogP contribution in [-0.2, 0) is 19.1 Å². The third kappa shape index (κ3) is 5.98. The standard InChI is InChI=1S/C28H30Cl2FN3O4/c1-17-23(27(35)37-3)25(21-5-4-6-22(29)26(21)30)24(18(2)32-17)28(36)38-16-15-33-11-13-34(14-12-33)20-9-7-19(31)8-10-20/h4-10,25,32H,11-16H2,1-3H3. The van der Waals surface area contributed by atoms with Crippen molar-refractivity contribution in [2.75, 3.05) is 51.3 Å². The SMILES string of the molecule is COC(=O)C1=C(C)NC(C)=C(C(=O)OCCN2CCN(c3ccc(F)cc3)CC2)C1c1cccc(Cl)c1Cl. The summed E-state index contributed by atoms with van der Waals surface area (Å²) in [5.41, 5.74) is 3.18. The monoisotopic (exact) mass is 561 g/mol. The molecule has 0 aromatic heterocycles. The highest BCUT2D eigenvalue weighted by Gasteiger charge is 2.39. The smallest absolute Gasteiger partial charge is 0.336 e. The summed E-state index contributed by atoms with van der Waals surface area (Å²) >= 11 is 12.8. The summed E-state index contributed by atoms with van der Waals surface area (Å²) in [7, 11) is 1.29. The third-order valence-corrected chi connectivity index (χ3v) is 7.72. The lowest BCUT2D eigenvalue weighted by molar-refractivity contribution is -0.140. The van der Waals surface area contributed by atoms with Crippen LogP contribution in [0.1, 0.15) is 25.3 Å². The van der Waals surface area contributed by atoms with Crippen LogP contribution in [0.5, 0.6) is 0 Å². The van der Waals surface area contributed by atoms with E-state index in [0.29, 0.717) is 28.5 Å². The van der Waals surface area contributed by atoms with Crippen LogP contribution >= 0.6 is 23.2 Å². The van der Waals surface area contributed by atoms with Gasteiger partial charge in [0.25, 0.3) is 0 Å². The van der Waals surface area contributed by atoms with Crippen LogP contribution in [0.15, 0.2) is 65.0 Å². The Morgan fingerprint density at radius 2 is 1.61 bits per heavy atom. The number of nitrogens with one attached hydrogen (secondary N) is 1. The van der Waals surface area contributed by atoms with Gasteiger partial charge in [-0.15, -0.1) is 0 Å². The number of dihydropyridines is 1. The summed E-state index contributed by atoms with van der Waals surface area (Å²) in [5, 5.41) is 3.69. The normalized spacial score (nSPS) is 18.4. The molecule has 1 saturated heterocycles. The van der Waals surface area contributed by atoms with Crippen LogP contribution in [0.2, 0.25) is 10.0 Å². The quantitative estimate of drug-likeness (QED) is 0.482. The zero-order valence-electron chi connectivity index (χ0n) is 21.5. The molecule has 0 amide bonds. The molecule has 0 radical (unpaired) electrons. The highest BCUT2D eigenvalue weighted by molar-refractivity contribution is 6.42. The first-order valence-electron chi connectivity index (χ1n) is 12.3. The van der Waals surface area contributed by atoms with Crippen LogP contribution in [-0.4, -0.2) is 63.3 Å². The Hall–Kier alpha value is -3.07. The Morgan fingerprint density at radius 3 is 2.24 bits per heavy atom. The molecular formula is C28H30Cl2FN3O4. The average Bonchev–Trinajstić information content (AvgIpc) is 2.90. The second-order valence-electron chi connectivity index (χ2n) is 9.21. The third-order valence-electron chi connectivity index (χ3n) is 6.88. The number of methoxy groups -OCH3 is 1. The fourth-order valence-corrected chi connectivity index (χ4v) is 5.34. The Labute approximate surface area is 231 Å². The van der Waals surface area contributed by atoms with Crippen molar-refractivity contribution in [2.24, 2.45) is 0 Å². The van der Waals surface area contributed by atoms with E-state index in [2.05, 4.69) is 15.1 Å². The number of benzene rings is 2. The van der Waals surface area contributed by atoms with E-state index >= 15 is 0 Å². The van der Waals surface area contributed by atoms with Gasteiger partial charge in [-0.05, 0) is 49.7 Å². The second kappa shape index (κ2) is 12.2. The Balaban J connectivity index is 1.44. The number of ether oxygens (including phenoxy) is 2. The maximum atomic E-state index is 13.4. The van der Waals surface area contributed by atoms with E-state index in [1.54, 1.807) is 44.2 Å². The summed E-state index contributed by atoms with van der Waals surface area (Å²) in [6, 6.07) is 11.6. The van der Waals surface area contributed by atoms with Gasteiger partial charge in [0.2, 0.25) is 0 Å². The number of nitrogens with zero attached hydrogens (tertiary/aromatic N) is 2. The van der Waals surface area contributed by atoms with Gasteiger partial charge in [-0.1, -0.05) is 35.3 Å². The number of hydrogen-bond donors (Lipinski definition) is 1. The Kier molecular flexibility index (Phi) is 8.97. The van der Waals surface area contributed by atoms with Crippen molar-refractivity contribution in [3.8, 4) is 0 Å². The summed E-state index contributed by atoms with van der Waals surface area (Å²) in [4.78, 5) is 30.6. The number of piperazine rings is 1. The summed E-state index contributed by atoms with van der Waals surface area (Å²) < 4.78 is 24.0. The molecule has 1 fully saturated rings. The molecule has 2 aliphatic rings. The average molecular weight is 562 g/mol. The van der Waals surface area contributed by atoms with Crippen molar-refractivity contribution in [3.05, 3.63) is 86.4 Å². The van der Waals surface area contributed by atoms with E-state index in [1.165, 1.54) is 19.2 Å². The number of anilines is 1. The van der Waals surface area contributed by atoms with Gasteiger partial charge in [0.1, 0.15) is 12.4 Å². The number of esters is 2. The van der Waals surface area contributed by atoms with Gasteiger partial charge >= 0.3 is 11.9 Å². The molecule has 1 atom stereocenters. The summed E-state index contributed by atoms with van der Waals surface area (Å²) in [6.07, 6.45) is 0. The molecule has 2 aromatic rings. The first-order chi connectivity index (χ1) is 18.2. The Morgan fingerprint density at radius 1 is 0.974 bits per heavy atom. The highest BCUT2D eigenvalue weighted by Crippen LogP contribution is 2.43. The van der Waals surface area contributed by atoms with Crippen LogP contribution in [0, 0.1) is 5.82 Å². The fourth-order valence-electron chi connectivity index (χ4n) is 4.93. The van der Waals surface area contributed by atoms with Crippen molar-refractivity contribution in [2.45, 2.75) is 19.8 Å². The second-order valence-corrected chi connectivity index (χ2v) is 10.00. The van der Waals surface area contributed by atoms with E-state index in [9.17, 15) is 14.0 Å². The van der Waals surface area contributed by atoms with E-state index in [0.717, 1.165) is 31.9 Å². The minimum atomic E-state index is -0.804. The topological polar surface area (TPSA) is 71.1 Å². The highest BCUT2D eigenvalue weighted by atomic mass is 35.5. The van der Waals surface area contributed by atoms with Crippen LogP contribution in [0.3, 0.4) is 0 Å². The van der Waals surface area contributed by atoms with Crippen molar-refractivity contribution >= 4 is 40.8 Å². The largest absolute Gasteiger partial charge is 0.466 e. The van der Waals surface area contributed by atoms with E-state index in [1.807, 2.05) is 0 Å². The predicted octanol–water partition coefficient (Wildman–Crippen LogP) is 4.91. The van der Waals surface area contributed by atoms with Crippen molar-refractivity contribution in [3.63, 3.8) is 0 Å². The van der Waals surface area contributed by atoms with E-state index < -0.39 is 17.9 Å². The number of allylic oxidation sites excluding steroid dienone is 2. The first kappa shape index (κ1) is 28.0. The van der Waals surface area contributed by atoms with Crippen LogP contribution in [0.4, 0.5) is 10.1 Å². The van der Waals surface area contributed by atoms with Gasteiger partial charge in [0, 0.05) is 49.8 Å². The maximum absolute atomic E-state index is 13.4. The molecule has 2 aromatic carbocycles. The fraction of sp³-hybridized carbons (Fsp3) is 0.357. The zero-order chi connectivity index (χ0) is 27.4. The lowest BCUT2D eigenvalue weighted by atomic mass is 9.80. The zero-order valence-corrected chi connectivity index (χ0v) is 23.0. The molecule has 38 heavy (non-hydrogen) atoms. The van der Waals surface area contributed by atoms with E-state index in [4.69, 9.17) is 32.7 Å². The number of halogens is 3. The number of carbonyl (C=O) groups excluding carboxylic acids is 2. The molecule has 0 aliphatic carbocycles. The molecule has 2 heterocycles. The van der Waals surface area contributed by atoms with Gasteiger partial charge in [-0.25, -0.2) is 14.0 Å². The summed E-state index contributed by atoms with van der Waals surface area (Å²) in [6.45, 7) is 7.39. The van der Waals surface area contributed by atoms with Crippen LogP contribution in [0.25, 0.3) is 0 Å². The lowest BCUT2D eigenvalue weighted by Crippen LogP contribution is -2.47. The first-order valence-corrected chi connectivity index (χ1v) is 13.1. The molecule has 0 bridgehead atoms. The van der Waals surface area contributed by atoms with Gasteiger partial charge < -0.3 is 19.7 Å². The predicted molar refractivity (Wildman–Crippen MR) is 146 cm³/mol. The molecule has 1 unspecified atom stereocenters. The number of hydrogen-bond acceptors (Lipinski definition) is 7. The molecule has 4 rings (SSSR count). The molecule has 2 aliphatic heterocycles. The molecule has 0 spiro atoms. The molecule has 10 heteroatoms. The van der Waals surface area contributed by atoms with Gasteiger partial charge in [-0.3, -0.25) is 4.90 Å². The maximum Gasteiger partial charge on any atom is 0.336 e. The van der Waals surface area contributed by atoms with Gasteiger partial charge in [0.15, 0.2) is 0 Å². The minimum absolute atomic E-state index is 0.179. The van der Waals surface area contributed by atoms with Crippen molar-refractivity contribution in [1.29, 1.82) is 0 Å². The van der Waals surface area contributed by atoms with E-state index in [-0.39, 0.29) is 28.6 Å². The lowest BCUT2D eigenvalue weighted by Gasteiger charge is -2.36. The van der Waals surface area contributed by atoms with Crippen molar-refractivity contribution in [1.82, 2.24) is 10.2 Å².